The Balaban J connectivity index is 1.87. The second kappa shape index (κ2) is 5.58. The summed E-state index contributed by atoms with van der Waals surface area (Å²) in [6, 6.07) is 7.43. The number of carbonyl (C=O) groups excluding carboxylic acids is 1. The second-order valence-electron chi connectivity index (χ2n) is 5.52. The highest BCUT2D eigenvalue weighted by atomic mass is 35.5. The van der Waals surface area contributed by atoms with Crippen molar-refractivity contribution in [1.82, 2.24) is 15.3 Å². The highest BCUT2D eigenvalue weighted by molar-refractivity contribution is 6.32. The lowest BCUT2D eigenvalue weighted by molar-refractivity contribution is -0.122. The largest absolute Gasteiger partial charge is 0.306 e. The summed E-state index contributed by atoms with van der Waals surface area (Å²) in [7, 11) is 0. The van der Waals surface area contributed by atoms with Crippen LogP contribution in [0.4, 0.5) is 5.82 Å². The molecular weight excluding hydrogens is 288 g/mol. The molecule has 2 heterocycles. The fourth-order valence-electron chi connectivity index (χ4n) is 2.55. The number of nitrogens with zero attached hydrogens (tertiary/aromatic N) is 2. The van der Waals surface area contributed by atoms with Gasteiger partial charge in [-0.3, -0.25) is 4.79 Å². The maximum Gasteiger partial charge on any atom is 0.245 e. The molecule has 2 N–H and O–H groups in total. The van der Waals surface area contributed by atoms with E-state index in [-0.39, 0.29) is 11.1 Å². The van der Waals surface area contributed by atoms with E-state index in [2.05, 4.69) is 20.6 Å². The standard InChI is InChI=1S/C15H17ClN4O/c1-15(8-4-5-9-17-15)14(21)20-13-12(16)18-10-6-2-3-7-11(10)19-13/h2-3,6-7,17H,4-5,8-9H2,1H3,(H,19,20,21). The minimum atomic E-state index is -0.575. The summed E-state index contributed by atoms with van der Waals surface area (Å²) in [6.07, 6.45) is 2.94. The Morgan fingerprint density at radius 1 is 1.29 bits per heavy atom. The number of para-hydroxylation sites is 2. The van der Waals surface area contributed by atoms with Gasteiger partial charge in [-0.15, -0.1) is 0 Å². The molecule has 1 aliphatic heterocycles. The number of halogens is 1. The van der Waals surface area contributed by atoms with Gasteiger partial charge in [-0.2, -0.15) is 0 Å². The molecule has 1 aliphatic rings. The molecule has 0 spiro atoms. The Morgan fingerprint density at radius 2 is 2.00 bits per heavy atom. The van der Waals surface area contributed by atoms with Crippen LogP contribution in [0.25, 0.3) is 11.0 Å². The molecule has 0 aliphatic carbocycles. The van der Waals surface area contributed by atoms with E-state index in [0.717, 1.165) is 25.8 Å². The van der Waals surface area contributed by atoms with Crippen LogP contribution in [0.5, 0.6) is 0 Å². The first-order valence-electron chi connectivity index (χ1n) is 7.07. The van der Waals surface area contributed by atoms with Crippen molar-refractivity contribution in [2.24, 2.45) is 0 Å². The molecule has 110 valence electrons. The Bertz CT molecular complexity index is 682. The lowest BCUT2D eigenvalue weighted by atomic mass is 9.90. The van der Waals surface area contributed by atoms with Gasteiger partial charge < -0.3 is 10.6 Å². The van der Waals surface area contributed by atoms with Crippen LogP contribution in [-0.4, -0.2) is 28.0 Å². The summed E-state index contributed by atoms with van der Waals surface area (Å²) in [5, 5.41) is 6.28. The van der Waals surface area contributed by atoms with Gasteiger partial charge >= 0.3 is 0 Å². The van der Waals surface area contributed by atoms with Gasteiger partial charge in [0.1, 0.15) is 0 Å². The maximum absolute atomic E-state index is 12.5. The molecule has 0 radical (unpaired) electrons. The van der Waals surface area contributed by atoms with E-state index in [1.807, 2.05) is 31.2 Å². The van der Waals surface area contributed by atoms with E-state index in [1.54, 1.807) is 0 Å². The molecule has 1 atom stereocenters. The average Bonchev–Trinajstić information content (AvgIpc) is 2.48. The molecule has 6 heteroatoms. The SMILES string of the molecule is CC1(C(=O)Nc2nc3ccccc3nc2Cl)CCCCN1. The fraction of sp³-hybridized carbons (Fsp3) is 0.400. The first kappa shape index (κ1) is 14.2. The molecule has 1 unspecified atom stereocenters. The van der Waals surface area contributed by atoms with Crippen molar-refractivity contribution in [3.05, 3.63) is 29.4 Å². The lowest BCUT2D eigenvalue weighted by Crippen LogP contribution is -2.54. The zero-order chi connectivity index (χ0) is 14.9. The van der Waals surface area contributed by atoms with Gasteiger partial charge in [0.05, 0.1) is 16.6 Å². The number of aromatic nitrogens is 2. The molecule has 0 saturated carbocycles. The number of carbonyl (C=O) groups is 1. The van der Waals surface area contributed by atoms with Crippen LogP contribution < -0.4 is 10.6 Å². The van der Waals surface area contributed by atoms with Crippen molar-refractivity contribution in [1.29, 1.82) is 0 Å². The van der Waals surface area contributed by atoms with E-state index in [4.69, 9.17) is 11.6 Å². The predicted octanol–water partition coefficient (Wildman–Crippen LogP) is 2.75. The van der Waals surface area contributed by atoms with Crippen LogP contribution in [0.3, 0.4) is 0 Å². The normalized spacial score (nSPS) is 22.2. The van der Waals surface area contributed by atoms with Crippen molar-refractivity contribution in [3.8, 4) is 0 Å². The third-order valence-corrected chi connectivity index (χ3v) is 4.14. The van der Waals surface area contributed by atoms with Crippen LogP contribution in [0, 0.1) is 0 Å². The quantitative estimate of drug-likeness (QED) is 0.895. The number of fused-ring (bicyclic) bond motifs is 1. The number of piperidine rings is 1. The monoisotopic (exact) mass is 304 g/mol. The number of benzene rings is 1. The van der Waals surface area contributed by atoms with Crippen molar-refractivity contribution in [2.75, 3.05) is 11.9 Å². The molecule has 1 amide bonds. The van der Waals surface area contributed by atoms with Crippen LogP contribution in [0.15, 0.2) is 24.3 Å². The molecule has 5 nitrogen and oxygen atoms in total. The summed E-state index contributed by atoms with van der Waals surface area (Å²) >= 11 is 6.12. The molecule has 1 aromatic carbocycles. The van der Waals surface area contributed by atoms with E-state index in [1.165, 1.54) is 0 Å². The first-order valence-corrected chi connectivity index (χ1v) is 7.45. The molecule has 1 saturated heterocycles. The molecular formula is C15H17ClN4O. The van der Waals surface area contributed by atoms with Crippen molar-refractivity contribution in [3.63, 3.8) is 0 Å². The predicted molar refractivity (Wildman–Crippen MR) is 83.4 cm³/mol. The van der Waals surface area contributed by atoms with E-state index in [0.29, 0.717) is 16.9 Å². The summed E-state index contributed by atoms with van der Waals surface area (Å²) in [6.45, 7) is 2.75. The number of nitrogens with one attached hydrogen (secondary N) is 2. The number of hydrogen-bond acceptors (Lipinski definition) is 4. The van der Waals surface area contributed by atoms with E-state index >= 15 is 0 Å². The Hall–Kier alpha value is -1.72. The minimum Gasteiger partial charge on any atom is -0.306 e. The third-order valence-electron chi connectivity index (χ3n) is 3.88. The molecule has 1 fully saturated rings. The number of amides is 1. The Morgan fingerprint density at radius 3 is 2.67 bits per heavy atom. The van der Waals surface area contributed by atoms with Crippen molar-refractivity contribution in [2.45, 2.75) is 31.7 Å². The van der Waals surface area contributed by atoms with E-state index < -0.39 is 5.54 Å². The van der Waals surface area contributed by atoms with Gasteiger partial charge in [-0.25, -0.2) is 9.97 Å². The highest BCUT2D eigenvalue weighted by Gasteiger charge is 2.34. The van der Waals surface area contributed by atoms with Crippen molar-refractivity contribution >= 4 is 34.4 Å². The summed E-state index contributed by atoms with van der Waals surface area (Å²) in [5.74, 6) is 0.197. The van der Waals surface area contributed by atoms with Crippen molar-refractivity contribution < 1.29 is 4.79 Å². The summed E-state index contributed by atoms with van der Waals surface area (Å²) in [4.78, 5) is 21.1. The van der Waals surface area contributed by atoms with Gasteiger partial charge in [0.15, 0.2) is 11.0 Å². The van der Waals surface area contributed by atoms with Crippen LogP contribution >= 0.6 is 11.6 Å². The summed E-state index contributed by atoms with van der Waals surface area (Å²) in [5.41, 5.74) is 0.844. The number of anilines is 1. The Labute approximate surface area is 128 Å². The average molecular weight is 305 g/mol. The Kier molecular flexibility index (Phi) is 3.78. The molecule has 2 aromatic rings. The molecule has 3 rings (SSSR count). The van der Waals surface area contributed by atoms with Gasteiger partial charge in [0.2, 0.25) is 5.91 Å². The molecule has 0 bridgehead atoms. The minimum absolute atomic E-state index is 0.117. The smallest absolute Gasteiger partial charge is 0.245 e. The summed E-state index contributed by atoms with van der Waals surface area (Å²) < 4.78 is 0. The number of hydrogen-bond donors (Lipinski definition) is 2. The van der Waals surface area contributed by atoms with Gasteiger partial charge in [-0.1, -0.05) is 23.7 Å². The fourth-order valence-corrected chi connectivity index (χ4v) is 2.73. The second-order valence-corrected chi connectivity index (χ2v) is 5.88. The van der Waals surface area contributed by atoms with Gasteiger partial charge in [0, 0.05) is 0 Å². The van der Waals surface area contributed by atoms with E-state index in [9.17, 15) is 4.79 Å². The zero-order valence-electron chi connectivity index (χ0n) is 11.8. The maximum atomic E-state index is 12.5. The van der Waals surface area contributed by atoms with Crippen LogP contribution in [0.2, 0.25) is 5.15 Å². The topological polar surface area (TPSA) is 66.9 Å². The third kappa shape index (κ3) is 2.84. The van der Waals surface area contributed by atoms with Gasteiger partial charge in [0.25, 0.3) is 0 Å². The van der Waals surface area contributed by atoms with Crippen LogP contribution in [0.1, 0.15) is 26.2 Å². The van der Waals surface area contributed by atoms with Crippen LogP contribution in [-0.2, 0) is 4.79 Å². The zero-order valence-corrected chi connectivity index (χ0v) is 12.6. The van der Waals surface area contributed by atoms with Gasteiger partial charge in [-0.05, 0) is 44.9 Å². The highest BCUT2D eigenvalue weighted by Crippen LogP contribution is 2.24. The first-order chi connectivity index (χ1) is 10.1. The molecule has 21 heavy (non-hydrogen) atoms. The lowest BCUT2D eigenvalue weighted by Gasteiger charge is -2.33. The number of rotatable bonds is 2. The molecule has 1 aromatic heterocycles.